The minimum Gasteiger partial charge on any atom is -0.393 e. The van der Waals surface area contributed by atoms with Crippen LogP contribution in [0.25, 0.3) is 0 Å². The Balaban J connectivity index is 2.65. The van der Waals surface area contributed by atoms with Crippen LogP contribution >= 0.6 is 28.1 Å². The lowest BCUT2D eigenvalue weighted by molar-refractivity contribution is 0.0944. The quantitative estimate of drug-likeness (QED) is 0.833. The van der Waals surface area contributed by atoms with Gasteiger partial charge in [-0.25, -0.2) is 0 Å². The highest BCUT2D eigenvalue weighted by molar-refractivity contribution is 9.10. The minimum atomic E-state index is -0.398. The van der Waals surface area contributed by atoms with Crippen molar-refractivity contribution in [2.24, 2.45) is 11.1 Å². The van der Waals surface area contributed by atoms with E-state index in [2.05, 4.69) is 26.2 Å². The largest absolute Gasteiger partial charge is 0.393 e. The molecule has 0 fully saturated rings. The van der Waals surface area contributed by atoms with Gasteiger partial charge in [-0.3, -0.25) is 9.78 Å². The van der Waals surface area contributed by atoms with Crippen molar-refractivity contribution in [3.8, 4) is 0 Å². The number of hydrogen-bond donors (Lipinski definition) is 2. The number of amides is 1. The van der Waals surface area contributed by atoms with E-state index in [0.717, 1.165) is 4.47 Å². The van der Waals surface area contributed by atoms with Crippen molar-refractivity contribution in [1.82, 2.24) is 10.3 Å². The van der Waals surface area contributed by atoms with Gasteiger partial charge in [-0.2, -0.15) is 0 Å². The van der Waals surface area contributed by atoms with Gasteiger partial charge in [0, 0.05) is 28.8 Å². The fraction of sp³-hybridized carbons (Fsp3) is 0.364. The van der Waals surface area contributed by atoms with Crippen molar-refractivity contribution in [2.75, 3.05) is 6.54 Å². The van der Waals surface area contributed by atoms with Gasteiger partial charge in [0.2, 0.25) is 0 Å². The van der Waals surface area contributed by atoms with Crippen LogP contribution in [0.1, 0.15) is 24.2 Å². The predicted molar refractivity (Wildman–Crippen MR) is 74.8 cm³/mol. The Labute approximate surface area is 114 Å². The summed E-state index contributed by atoms with van der Waals surface area (Å²) in [5.41, 5.74) is 5.68. The van der Waals surface area contributed by atoms with Crippen molar-refractivity contribution in [2.45, 2.75) is 13.8 Å². The van der Waals surface area contributed by atoms with E-state index < -0.39 is 5.41 Å². The number of nitrogens with zero attached hydrogens (tertiary/aromatic N) is 1. The number of aromatic nitrogens is 1. The van der Waals surface area contributed by atoms with Gasteiger partial charge in [0.05, 0.1) is 10.6 Å². The molecule has 0 atom stereocenters. The van der Waals surface area contributed by atoms with Crippen LogP contribution in [-0.4, -0.2) is 22.4 Å². The first kappa shape index (κ1) is 14.1. The minimum absolute atomic E-state index is 0.192. The zero-order chi connectivity index (χ0) is 13.1. The van der Waals surface area contributed by atoms with Gasteiger partial charge in [-0.05, 0) is 22.0 Å². The second-order valence-corrected chi connectivity index (χ2v) is 5.68. The van der Waals surface area contributed by atoms with E-state index in [1.54, 1.807) is 12.3 Å². The lowest BCUT2D eigenvalue weighted by Gasteiger charge is -2.23. The molecule has 0 aromatic carbocycles. The van der Waals surface area contributed by atoms with E-state index in [9.17, 15) is 4.79 Å². The Morgan fingerprint density at radius 3 is 2.76 bits per heavy atom. The first-order valence-electron chi connectivity index (χ1n) is 5.01. The highest BCUT2D eigenvalue weighted by atomic mass is 79.9. The van der Waals surface area contributed by atoms with E-state index in [0.29, 0.717) is 17.1 Å². The number of carbonyl (C=O) groups is 1. The van der Waals surface area contributed by atoms with E-state index in [1.165, 1.54) is 6.20 Å². The Hall–Kier alpha value is -1.01. The molecule has 1 aromatic heterocycles. The molecule has 0 aliphatic carbocycles. The fourth-order valence-electron chi connectivity index (χ4n) is 1.03. The van der Waals surface area contributed by atoms with Crippen molar-refractivity contribution >= 4 is 39.0 Å². The second kappa shape index (κ2) is 5.55. The van der Waals surface area contributed by atoms with Crippen LogP contribution in [0, 0.1) is 5.41 Å². The molecule has 6 heteroatoms. The molecule has 0 aliphatic heterocycles. The van der Waals surface area contributed by atoms with Crippen LogP contribution in [0.4, 0.5) is 0 Å². The third kappa shape index (κ3) is 4.05. The number of nitrogens with two attached hydrogens (primary N) is 1. The molecule has 0 aliphatic rings. The number of hydrogen-bond acceptors (Lipinski definition) is 3. The number of carbonyl (C=O) groups excluding carboxylic acids is 1. The average molecular weight is 316 g/mol. The first-order valence-corrected chi connectivity index (χ1v) is 6.22. The van der Waals surface area contributed by atoms with Crippen LogP contribution in [0.2, 0.25) is 0 Å². The monoisotopic (exact) mass is 315 g/mol. The van der Waals surface area contributed by atoms with Crippen LogP contribution in [-0.2, 0) is 0 Å². The summed E-state index contributed by atoms with van der Waals surface area (Å²) in [6, 6.07) is 1.70. The van der Waals surface area contributed by atoms with Crippen LogP contribution in [0.5, 0.6) is 0 Å². The molecule has 0 spiro atoms. The van der Waals surface area contributed by atoms with E-state index in [4.69, 9.17) is 18.0 Å². The summed E-state index contributed by atoms with van der Waals surface area (Å²) in [6.45, 7) is 4.16. The number of nitrogens with one attached hydrogen (secondary N) is 1. The van der Waals surface area contributed by atoms with E-state index in [-0.39, 0.29) is 5.91 Å². The molecule has 92 valence electrons. The molecule has 0 bridgehead atoms. The van der Waals surface area contributed by atoms with Crippen LogP contribution in [0.15, 0.2) is 22.9 Å². The maximum atomic E-state index is 11.8. The topological polar surface area (TPSA) is 68.0 Å². The molecule has 0 saturated carbocycles. The van der Waals surface area contributed by atoms with E-state index >= 15 is 0 Å². The van der Waals surface area contributed by atoms with Gasteiger partial charge < -0.3 is 11.1 Å². The molecule has 0 unspecified atom stereocenters. The zero-order valence-electron chi connectivity index (χ0n) is 9.66. The van der Waals surface area contributed by atoms with Gasteiger partial charge >= 0.3 is 0 Å². The molecule has 1 rings (SSSR count). The van der Waals surface area contributed by atoms with Crippen molar-refractivity contribution < 1.29 is 4.79 Å². The average Bonchev–Trinajstić information content (AvgIpc) is 2.25. The van der Waals surface area contributed by atoms with Gasteiger partial charge in [0.15, 0.2) is 0 Å². The van der Waals surface area contributed by atoms with E-state index in [1.807, 2.05) is 13.8 Å². The lowest BCUT2D eigenvalue weighted by Crippen LogP contribution is -2.41. The Kier molecular flexibility index (Phi) is 4.59. The molecule has 3 N–H and O–H groups in total. The first-order chi connectivity index (χ1) is 7.83. The molecule has 1 heterocycles. The highest BCUT2D eigenvalue weighted by Gasteiger charge is 2.22. The van der Waals surface area contributed by atoms with Crippen molar-refractivity contribution in [3.05, 3.63) is 28.5 Å². The second-order valence-electron chi connectivity index (χ2n) is 4.32. The number of halogens is 1. The third-order valence-electron chi connectivity index (χ3n) is 2.32. The van der Waals surface area contributed by atoms with Crippen LogP contribution < -0.4 is 11.1 Å². The highest BCUT2D eigenvalue weighted by Crippen LogP contribution is 2.14. The van der Waals surface area contributed by atoms with Crippen LogP contribution in [0.3, 0.4) is 0 Å². The molecule has 0 saturated heterocycles. The summed E-state index contributed by atoms with van der Waals surface area (Å²) in [7, 11) is 0. The summed E-state index contributed by atoms with van der Waals surface area (Å²) in [5, 5.41) is 2.78. The summed E-state index contributed by atoms with van der Waals surface area (Å²) >= 11 is 8.19. The zero-order valence-corrected chi connectivity index (χ0v) is 12.1. The summed E-state index contributed by atoms with van der Waals surface area (Å²) < 4.78 is 0.763. The number of rotatable bonds is 4. The van der Waals surface area contributed by atoms with Crippen molar-refractivity contribution in [3.63, 3.8) is 0 Å². The molecule has 1 amide bonds. The summed E-state index contributed by atoms with van der Waals surface area (Å²) in [5.74, 6) is -0.192. The summed E-state index contributed by atoms with van der Waals surface area (Å²) in [6.07, 6.45) is 3.13. The summed E-state index contributed by atoms with van der Waals surface area (Å²) in [4.78, 5) is 16.1. The van der Waals surface area contributed by atoms with Gasteiger partial charge in [0.1, 0.15) is 0 Å². The number of thiocarbonyl (C=S) groups is 1. The lowest BCUT2D eigenvalue weighted by atomic mass is 9.93. The Morgan fingerprint density at radius 2 is 2.24 bits per heavy atom. The molecular weight excluding hydrogens is 302 g/mol. The molecule has 0 radical (unpaired) electrons. The smallest absolute Gasteiger partial charge is 0.252 e. The molecule has 17 heavy (non-hydrogen) atoms. The Bertz CT molecular complexity index is 448. The fourth-order valence-corrected chi connectivity index (χ4v) is 1.46. The van der Waals surface area contributed by atoms with Crippen molar-refractivity contribution in [1.29, 1.82) is 0 Å². The predicted octanol–water partition coefficient (Wildman–Crippen LogP) is 1.89. The molecular formula is C11H14BrN3OS. The molecule has 4 nitrogen and oxygen atoms in total. The third-order valence-corrected chi connectivity index (χ3v) is 3.31. The standard InChI is InChI=1S/C11H14BrN3OS/c1-11(2,10(13)17)6-15-9(16)7-3-8(12)5-14-4-7/h3-5H,6H2,1-2H3,(H2,13,17)(H,15,16). The normalized spacial score (nSPS) is 11.0. The Morgan fingerprint density at radius 1 is 1.59 bits per heavy atom. The van der Waals surface area contributed by atoms with Gasteiger partial charge in [0.25, 0.3) is 5.91 Å². The maximum absolute atomic E-state index is 11.8. The molecule has 1 aromatic rings. The van der Waals surface area contributed by atoms with Gasteiger partial charge in [-0.1, -0.05) is 26.1 Å². The maximum Gasteiger partial charge on any atom is 0.252 e. The number of pyridine rings is 1. The van der Waals surface area contributed by atoms with Gasteiger partial charge in [-0.15, -0.1) is 0 Å². The SMILES string of the molecule is CC(C)(CNC(=O)c1cncc(Br)c1)C(N)=S.